The van der Waals surface area contributed by atoms with E-state index in [9.17, 15) is 9.59 Å². The van der Waals surface area contributed by atoms with Gasteiger partial charge in [-0.3, -0.25) is 9.59 Å². The first-order valence-corrected chi connectivity index (χ1v) is 3.36. The first-order chi connectivity index (χ1) is 5.13. The van der Waals surface area contributed by atoms with E-state index in [1.54, 1.807) is 0 Å². The highest BCUT2D eigenvalue weighted by atomic mass is 16.2. The minimum absolute atomic E-state index is 0.103. The molecule has 1 aliphatic rings. The summed E-state index contributed by atoms with van der Waals surface area (Å²) in [6.45, 7) is 3.48. The monoisotopic (exact) mass is 159 g/mol. The zero-order valence-electron chi connectivity index (χ0n) is 6.52. The van der Waals surface area contributed by atoms with Crippen LogP contribution in [0.25, 0.3) is 0 Å². The van der Waals surface area contributed by atoms with Crippen LogP contribution in [0, 0.1) is 0 Å². The van der Waals surface area contributed by atoms with E-state index in [0.717, 1.165) is 13.1 Å². The Morgan fingerprint density at radius 3 is 2.27 bits per heavy atom. The quantitative estimate of drug-likeness (QED) is 0.390. The lowest BCUT2D eigenvalue weighted by Gasteiger charge is -2.11. The molecule has 4 N–H and O–H groups in total. The average molecular weight is 159 g/mol. The summed E-state index contributed by atoms with van der Waals surface area (Å²) in [6.07, 6.45) is 0. The molecule has 1 rings (SSSR count). The van der Waals surface area contributed by atoms with Gasteiger partial charge >= 0.3 is 0 Å². The van der Waals surface area contributed by atoms with Gasteiger partial charge in [-0.2, -0.15) is 0 Å². The summed E-state index contributed by atoms with van der Waals surface area (Å²) in [5, 5.41) is 5.60. The summed E-state index contributed by atoms with van der Waals surface area (Å²) in [6, 6.07) is 0. The van der Waals surface area contributed by atoms with Gasteiger partial charge < -0.3 is 16.4 Å². The maximum Gasteiger partial charge on any atom is 0.234 e. The van der Waals surface area contributed by atoms with Gasteiger partial charge in [-0.25, -0.2) is 0 Å². The highest BCUT2D eigenvalue weighted by molar-refractivity contribution is 5.78. The fourth-order valence-electron chi connectivity index (χ4n) is 0.555. The molecule has 0 unspecified atom stereocenters. The van der Waals surface area contributed by atoms with Crippen molar-refractivity contribution >= 4 is 11.8 Å². The van der Waals surface area contributed by atoms with Crippen LogP contribution in [0.15, 0.2) is 0 Å². The third-order valence-electron chi connectivity index (χ3n) is 0.910. The third-order valence-corrected chi connectivity index (χ3v) is 0.910. The largest absolute Gasteiger partial charge is 0.370 e. The molecule has 0 spiro atoms. The molecule has 0 atom stereocenters. The second-order valence-electron chi connectivity index (χ2n) is 2.14. The lowest BCUT2D eigenvalue weighted by molar-refractivity contribution is -0.121. The van der Waals surface area contributed by atoms with Gasteiger partial charge in [-0.15, -0.1) is 0 Å². The van der Waals surface area contributed by atoms with Gasteiger partial charge in [0.15, 0.2) is 0 Å². The molecule has 0 saturated carbocycles. The van der Waals surface area contributed by atoms with Crippen LogP contribution >= 0.6 is 0 Å². The Morgan fingerprint density at radius 1 is 1.55 bits per heavy atom. The van der Waals surface area contributed by atoms with Gasteiger partial charge in [0.25, 0.3) is 0 Å². The van der Waals surface area contributed by atoms with Crippen LogP contribution in [0.1, 0.15) is 6.92 Å². The Balaban J connectivity index is 0.000000218. The van der Waals surface area contributed by atoms with E-state index < -0.39 is 0 Å². The number of amides is 2. The van der Waals surface area contributed by atoms with Gasteiger partial charge in [-0.1, -0.05) is 0 Å². The molecule has 0 aliphatic carbocycles. The predicted molar refractivity (Wildman–Crippen MR) is 40.7 cm³/mol. The molecule has 5 nitrogen and oxygen atoms in total. The molecule has 1 saturated heterocycles. The summed E-state index contributed by atoms with van der Waals surface area (Å²) in [5.41, 5.74) is 4.47. The highest BCUT2D eigenvalue weighted by Crippen LogP contribution is 1.69. The number of hydrogen-bond donors (Lipinski definition) is 3. The van der Waals surface area contributed by atoms with E-state index in [4.69, 9.17) is 0 Å². The Kier molecular flexibility index (Phi) is 5.10. The van der Waals surface area contributed by atoms with E-state index in [1.807, 2.05) is 0 Å². The smallest absolute Gasteiger partial charge is 0.234 e. The molecule has 0 aromatic carbocycles. The topological polar surface area (TPSA) is 84.2 Å². The molecular weight excluding hydrogens is 146 g/mol. The summed E-state index contributed by atoms with van der Waals surface area (Å²) >= 11 is 0. The minimum atomic E-state index is -0.333. The van der Waals surface area contributed by atoms with Crippen molar-refractivity contribution in [1.82, 2.24) is 10.6 Å². The van der Waals surface area contributed by atoms with Crippen molar-refractivity contribution in [2.75, 3.05) is 19.6 Å². The van der Waals surface area contributed by atoms with Gasteiger partial charge in [0, 0.05) is 20.0 Å². The number of piperazine rings is 1. The molecule has 1 heterocycles. The van der Waals surface area contributed by atoms with Gasteiger partial charge in [-0.05, 0) is 0 Å². The average Bonchev–Trinajstić information content (AvgIpc) is 1.87. The standard InChI is InChI=1S/C4H8N2O.C2H5NO/c7-4-3-5-1-2-6-4;1-2(3)4/h5H,1-3H2,(H,6,7);1H3,(H2,3,4). The summed E-state index contributed by atoms with van der Waals surface area (Å²) < 4.78 is 0. The molecule has 64 valence electrons. The van der Waals surface area contributed by atoms with Crippen LogP contribution in [0.2, 0.25) is 0 Å². The van der Waals surface area contributed by atoms with Crippen LogP contribution in [-0.4, -0.2) is 31.4 Å². The van der Waals surface area contributed by atoms with E-state index in [2.05, 4.69) is 16.4 Å². The normalized spacial score (nSPS) is 15.9. The van der Waals surface area contributed by atoms with Crippen LogP contribution in [0.4, 0.5) is 0 Å². The van der Waals surface area contributed by atoms with Gasteiger partial charge in [0.2, 0.25) is 11.8 Å². The fourth-order valence-corrected chi connectivity index (χ4v) is 0.555. The number of primary amides is 1. The predicted octanol–water partition coefficient (Wildman–Crippen LogP) is -1.80. The van der Waals surface area contributed by atoms with Crippen LogP contribution in [-0.2, 0) is 9.59 Å². The summed E-state index contributed by atoms with van der Waals surface area (Å²) in [5.74, 6) is -0.230. The molecule has 0 bridgehead atoms. The molecule has 0 radical (unpaired) electrons. The maximum absolute atomic E-state index is 10.3. The molecule has 0 aromatic rings. The molecule has 5 heteroatoms. The Labute approximate surface area is 65.3 Å². The Morgan fingerprint density at radius 2 is 2.09 bits per heavy atom. The fraction of sp³-hybridized carbons (Fsp3) is 0.667. The number of rotatable bonds is 0. The van der Waals surface area contributed by atoms with Gasteiger partial charge in [0.1, 0.15) is 0 Å². The first-order valence-electron chi connectivity index (χ1n) is 3.36. The van der Waals surface area contributed by atoms with E-state index >= 15 is 0 Å². The molecular formula is C6H13N3O2. The third kappa shape index (κ3) is 8.90. The Hall–Kier alpha value is -1.10. The summed E-state index contributed by atoms with van der Waals surface area (Å²) in [7, 11) is 0. The number of carbonyl (C=O) groups is 2. The Bertz CT molecular complexity index is 135. The van der Waals surface area contributed by atoms with Crippen LogP contribution < -0.4 is 16.4 Å². The van der Waals surface area contributed by atoms with E-state index in [-0.39, 0.29) is 11.8 Å². The van der Waals surface area contributed by atoms with E-state index in [0.29, 0.717) is 6.54 Å². The molecule has 0 aromatic heterocycles. The summed E-state index contributed by atoms with van der Waals surface area (Å²) in [4.78, 5) is 19.5. The van der Waals surface area contributed by atoms with Gasteiger partial charge in [0.05, 0.1) is 6.54 Å². The zero-order valence-corrected chi connectivity index (χ0v) is 6.52. The number of carbonyl (C=O) groups excluding carboxylic acids is 2. The molecule has 1 aliphatic heterocycles. The molecule has 1 fully saturated rings. The van der Waals surface area contributed by atoms with Crippen molar-refractivity contribution in [2.45, 2.75) is 6.92 Å². The highest BCUT2D eigenvalue weighted by Gasteiger charge is 2.02. The minimum Gasteiger partial charge on any atom is -0.370 e. The van der Waals surface area contributed by atoms with Crippen molar-refractivity contribution in [2.24, 2.45) is 5.73 Å². The lowest BCUT2D eigenvalue weighted by atomic mass is 10.4. The number of nitrogens with one attached hydrogen (secondary N) is 2. The van der Waals surface area contributed by atoms with Crippen molar-refractivity contribution < 1.29 is 9.59 Å². The zero-order chi connectivity index (χ0) is 8.69. The number of hydrogen-bond acceptors (Lipinski definition) is 3. The second kappa shape index (κ2) is 5.67. The lowest BCUT2D eigenvalue weighted by Crippen LogP contribution is -2.44. The van der Waals surface area contributed by atoms with Crippen molar-refractivity contribution in [3.63, 3.8) is 0 Å². The SMILES string of the molecule is CC(N)=O.O=C1CNCCN1. The van der Waals surface area contributed by atoms with Crippen molar-refractivity contribution in [1.29, 1.82) is 0 Å². The molecule has 11 heavy (non-hydrogen) atoms. The number of nitrogens with two attached hydrogens (primary N) is 1. The molecule has 2 amide bonds. The van der Waals surface area contributed by atoms with Crippen LogP contribution in [0.3, 0.4) is 0 Å². The second-order valence-corrected chi connectivity index (χ2v) is 2.14. The van der Waals surface area contributed by atoms with E-state index in [1.165, 1.54) is 6.92 Å². The van der Waals surface area contributed by atoms with Crippen LogP contribution in [0.5, 0.6) is 0 Å². The maximum atomic E-state index is 10.3. The first kappa shape index (κ1) is 9.90. The van der Waals surface area contributed by atoms with Crippen molar-refractivity contribution in [3.05, 3.63) is 0 Å². The van der Waals surface area contributed by atoms with Crippen molar-refractivity contribution in [3.8, 4) is 0 Å².